The van der Waals surface area contributed by atoms with E-state index in [-0.39, 0.29) is 18.1 Å². The van der Waals surface area contributed by atoms with Crippen molar-refractivity contribution in [3.05, 3.63) is 47.4 Å². The van der Waals surface area contributed by atoms with Gasteiger partial charge < -0.3 is 14.5 Å². The fourth-order valence-electron chi connectivity index (χ4n) is 5.98. The van der Waals surface area contributed by atoms with Crippen molar-refractivity contribution in [3.8, 4) is 17.2 Å². The molecule has 7 heteroatoms. The zero-order chi connectivity index (χ0) is 25.5. The Kier molecular flexibility index (Phi) is 6.46. The Labute approximate surface area is 219 Å². The SMILES string of the molecule is C=Cc1cc(-c2c(C3CC3)nc(N3CCN(C(=O)C[C@H]4CCO4)C(C4CC4)C3)c(C#N)c2CC)ccn1. The van der Waals surface area contributed by atoms with Gasteiger partial charge in [0.1, 0.15) is 11.9 Å². The Bertz CT molecular complexity index is 1260. The summed E-state index contributed by atoms with van der Waals surface area (Å²) in [6.45, 7) is 8.90. The number of hydrogen-bond donors (Lipinski definition) is 0. The Morgan fingerprint density at radius 3 is 2.70 bits per heavy atom. The molecule has 0 aromatic carbocycles. The minimum Gasteiger partial charge on any atom is -0.377 e. The van der Waals surface area contributed by atoms with Crippen LogP contribution in [0.4, 0.5) is 5.82 Å². The predicted octanol–water partition coefficient (Wildman–Crippen LogP) is 4.70. The highest BCUT2D eigenvalue weighted by Gasteiger charge is 2.43. The fraction of sp³-hybridized carbons (Fsp3) is 0.533. The number of amides is 1. The summed E-state index contributed by atoms with van der Waals surface area (Å²) in [5, 5.41) is 10.4. The Morgan fingerprint density at radius 2 is 2.08 bits per heavy atom. The number of piperazine rings is 1. The van der Waals surface area contributed by atoms with E-state index in [2.05, 4.69) is 40.4 Å². The zero-order valence-corrected chi connectivity index (χ0v) is 21.7. The first kappa shape index (κ1) is 24.1. The van der Waals surface area contributed by atoms with Crippen LogP contribution in [-0.2, 0) is 16.0 Å². The number of nitrogens with zero attached hydrogens (tertiary/aromatic N) is 5. The van der Waals surface area contributed by atoms with Crippen molar-refractivity contribution in [1.82, 2.24) is 14.9 Å². The summed E-state index contributed by atoms with van der Waals surface area (Å²) < 4.78 is 5.54. The van der Waals surface area contributed by atoms with E-state index in [4.69, 9.17) is 9.72 Å². The Hall–Kier alpha value is -3.24. The van der Waals surface area contributed by atoms with E-state index in [1.165, 1.54) is 12.8 Å². The van der Waals surface area contributed by atoms with Crippen LogP contribution in [0.3, 0.4) is 0 Å². The van der Waals surface area contributed by atoms with Gasteiger partial charge >= 0.3 is 0 Å². The van der Waals surface area contributed by atoms with Gasteiger partial charge in [-0.15, -0.1) is 0 Å². The molecule has 0 N–H and O–H groups in total. The maximum atomic E-state index is 13.2. The van der Waals surface area contributed by atoms with Crippen LogP contribution in [0.1, 0.15) is 73.9 Å². The second-order valence-corrected chi connectivity index (χ2v) is 10.9. The standard InChI is InChI=1S/C30H35N5O2/c1-3-22-15-21(9-11-32-22)28-24(4-2)25(17-31)30(33-29(28)20-7-8-20)34-12-13-35(26(18-34)19-5-6-19)27(36)16-23-10-14-37-23/h3,9,11,15,19-20,23,26H,1,4-8,10,12-14,16,18H2,2H3/t23-,26?/m1/s1. The molecule has 0 bridgehead atoms. The minimum atomic E-state index is 0.0905. The van der Waals surface area contributed by atoms with E-state index >= 15 is 0 Å². The lowest BCUT2D eigenvalue weighted by Gasteiger charge is -2.43. The van der Waals surface area contributed by atoms with E-state index in [0.29, 0.717) is 36.9 Å². The molecule has 0 radical (unpaired) electrons. The molecule has 7 nitrogen and oxygen atoms in total. The summed E-state index contributed by atoms with van der Waals surface area (Å²) in [4.78, 5) is 27.2. The molecule has 2 saturated heterocycles. The van der Waals surface area contributed by atoms with Crippen LogP contribution < -0.4 is 4.90 Å². The van der Waals surface area contributed by atoms with Gasteiger partial charge in [-0.2, -0.15) is 5.26 Å². The summed E-state index contributed by atoms with van der Waals surface area (Å²) in [5.74, 6) is 2.00. The number of nitriles is 1. The molecule has 4 heterocycles. The van der Waals surface area contributed by atoms with Crippen molar-refractivity contribution in [2.75, 3.05) is 31.1 Å². The quantitative estimate of drug-likeness (QED) is 0.526. The summed E-state index contributed by atoms with van der Waals surface area (Å²) in [7, 11) is 0. The van der Waals surface area contributed by atoms with Gasteiger partial charge in [0.25, 0.3) is 0 Å². The van der Waals surface area contributed by atoms with E-state index in [0.717, 1.165) is 72.7 Å². The maximum Gasteiger partial charge on any atom is 0.225 e. The van der Waals surface area contributed by atoms with E-state index in [1.54, 1.807) is 6.08 Å². The lowest BCUT2D eigenvalue weighted by molar-refractivity contribution is -0.142. The third-order valence-corrected chi connectivity index (χ3v) is 8.42. The highest BCUT2D eigenvalue weighted by molar-refractivity contribution is 5.79. The Morgan fingerprint density at radius 1 is 1.27 bits per heavy atom. The van der Waals surface area contributed by atoms with Gasteiger partial charge in [-0.05, 0) is 73.8 Å². The van der Waals surface area contributed by atoms with Gasteiger partial charge in [0, 0.05) is 43.9 Å². The van der Waals surface area contributed by atoms with Crippen molar-refractivity contribution in [1.29, 1.82) is 5.26 Å². The zero-order valence-electron chi connectivity index (χ0n) is 21.7. The molecular weight excluding hydrogens is 462 g/mol. The lowest BCUT2D eigenvalue weighted by Crippen LogP contribution is -2.57. The molecule has 2 aliphatic heterocycles. The van der Waals surface area contributed by atoms with Gasteiger partial charge in [0.15, 0.2) is 0 Å². The van der Waals surface area contributed by atoms with Crippen molar-refractivity contribution in [2.45, 2.75) is 69.9 Å². The molecule has 2 aromatic rings. The average molecular weight is 498 g/mol. The number of carbonyl (C=O) groups excluding carboxylic acids is 1. The second-order valence-electron chi connectivity index (χ2n) is 10.9. The molecule has 37 heavy (non-hydrogen) atoms. The fourth-order valence-corrected chi connectivity index (χ4v) is 5.98. The van der Waals surface area contributed by atoms with Crippen LogP contribution in [0.25, 0.3) is 17.2 Å². The van der Waals surface area contributed by atoms with Crippen molar-refractivity contribution in [3.63, 3.8) is 0 Å². The van der Waals surface area contributed by atoms with Gasteiger partial charge in [-0.1, -0.05) is 13.5 Å². The van der Waals surface area contributed by atoms with Gasteiger partial charge in [0.05, 0.1) is 35.5 Å². The first-order chi connectivity index (χ1) is 18.1. The molecule has 2 aromatic heterocycles. The summed E-state index contributed by atoms with van der Waals surface area (Å²) in [6.07, 6.45) is 10.5. The molecule has 1 unspecified atom stereocenters. The molecule has 2 aliphatic carbocycles. The summed E-state index contributed by atoms with van der Waals surface area (Å²) >= 11 is 0. The second kappa shape index (κ2) is 9.90. The van der Waals surface area contributed by atoms with E-state index in [1.807, 2.05) is 12.3 Å². The largest absolute Gasteiger partial charge is 0.377 e. The molecular formula is C30H35N5O2. The highest BCUT2D eigenvalue weighted by atomic mass is 16.5. The highest BCUT2D eigenvalue weighted by Crippen LogP contribution is 2.47. The van der Waals surface area contributed by atoms with E-state index in [9.17, 15) is 10.1 Å². The van der Waals surface area contributed by atoms with Crippen LogP contribution in [0.15, 0.2) is 24.9 Å². The van der Waals surface area contributed by atoms with Crippen LogP contribution in [-0.4, -0.2) is 59.2 Å². The molecule has 2 saturated carbocycles. The maximum absolute atomic E-state index is 13.2. The first-order valence-electron chi connectivity index (χ1n) is 13.8. The predicted molar refractivity (Wildman–Crippen MR) is 143 cm³/mol. The normalized spacial score (nSPS) is 23.4. The topological polar surface area (TPSA) is 82.4 Å². The smallest absolute Gasteiger partial charge is 0.225 e. The van der Waals surface area contributed by atoms with Crippen molar-refractivity contribution in [2.24, 2.45) is 5.92 Å². The third kappa shape index (κ3) is 4.64. The number of pyridine rings is 2. The monoisotopic (exact) mass is 497 g/mol. The minimum absolute atomic E-state index is 0.0905. The third-order valence-electron chi connectivity index (χ3n) is 8.42. The molecule has 4 aliphatic rings. The number of hydrogen-bond acceptors (Lipinski definition) is 6. The number of carbonyl (C=O) groups is 1. The average Bonchev–Trinajstić information content (AvgIpc) is 3.82. The number of ether oxygens (including phenoxy) is 1. The van der Waals surface area contributed by atoms with Crippen molar-refractivity contribution < 1.29 is 9.53 Å². The molecule has 6 rings (SSSR count). The summed E-state index contributed by atoms with van der Waals surface area (Å²) in [6, 6.07) is 6.79. The molecule has 0 spiro atoms. The van der Waals surface area contributed by atoms with E-state index < -0.39 is 0 Å². The van der Waals surface area contributed by atoms with Crippen LogP contribution in [0.2, 0.25) is 0 Å². The van der Waals surface area contributed by atoms with Crippen molar-refractivity contribution >= 4 is 17.8 Å². The van der Waals surface area contributed by atoms with Crippen LogP contribution in [0.5, 0.6) is 0 Å². The summed E-state index contributed by atoms with van der Waals surface area (Å²) in [5.41, 5.74) is 5.84. The molecule has 192 valence electrons. The first-order valence-corrected chi connectivity index (χ1v) is 13.8. The van der Waals surface area contributed by atoms with Gasteiger partial charge in [-0.25, -0.2) is 4.98 Å². The van der Waals surface area contributed by atoms with Crippen LogP contribution >= 0.6 is 0 Å². The number of rotatable bonds is 8. The van der Waals surface area contributed by atoms with Gasteiger partial charge in [0.2, 0.25) is 5.91 Å². The number of aromatic nitrogens is 2. The molecule has 1 amide bonds. The van der Waals surface area contributed by atoms with Crippen LogP contribution in [0, 0.1) is 17.2 Å². The molecule has 4 fully saturated rings. The number of anilines is 1. The molecule has 2 atom stereocenters. The lowest BCUT2D eigenvalue weighted by atomic mass is 9.91. The van der Waals surface area contributed by atoms with Gasteiger partial charge in [-0.3, -0.25) is 9.78 Å². The Balaban J connectivity index is 1.36.